The van der Waals surface area contributed by atoms with E-state index in [0.29, 0.717) is 0 Å². The summed E-state index contributed by atoms with van der Waals surface area (Å²) in [5.41, 5.74) is 0. The number of phosphoric acid groups is 1. The Hall–Kier alpha value is -0.0100. The van der Waals surface area contributed by atoms with Gasteiger partial charge >= 0.3 is 7.82 Å². The van der Waals surface area contributed by atoms with Crippen molar-refractivity contribution in [2.45, 2.75) is 169 Å². The van der Waals surface area contributed by atoms with Gasteiger partial charge in [0.05, 0.1) is 43.2 Å². The van der Waals surface area contributed by atoms with Crippen LogP contribution in [0.2, 0.25) is 0 Å². The Morgan fingerprint density at radius 2 is 0.972 bits per heavy atom. The lowest BCUT2D eigenvalue weighted by molar-refractivity contribution is -0.145. The number of hydrogen-bond donors (Lipinski definition) is 1. The molecule has 0 radical (unpaired) electrons. The highest BCUT2D eigenvalue weighted by Gasteiger charge is 2.30. The minimum absolute atomic E-state index is 0.00107. The Labute approximate surface area is 223 Å². The van der Waals surface area contributed by atoms with Gasteiger partial charge in [-0.05, 0) is 54.4 Å². The first-order valence-corrected chi connectivity index (χ1v) is 16.1. The second-order valence-electron chi connectivity index (χ2n) is 10.3. The molecule has 0 spiro atoms. The van der Waals surface area contributed by atoms with Crippen LogP contribution in [-0.4, -0.2) is 54.7 Å². The predicted octanol–water partition coefficient (Wildman–Crippen LogP) is 8.22. The maximum Gasteiger partial charge on any atom is 0.472 e. The molecule has 36 heavy (non-hydrogen) atoms. The van der Waals surface area contributed by atoms with E-state index >= 15 is 0 Å². The van der Waals surface area contributed by atoms with Crippen molar-refractivity contribution in [2.24, 2.45) is 0 Å². The van der Waals surface area contributed by atoms with E-state index in [1.54, 1.807) is 6.92 Å². The zero-order chi connectivity index (χ0) is 27.4. The predicted molar refractivity (Wildman–Crippen MR) is 149 cm³/mol. The topological polar surface area (TPSA) is 83.5 Å². The standard InChI is InChI=1S/C28H59O7P/c1-9-11-13-14-15-16-17-18-19-20-22-32-36(29,30)35-28(8)27(7)34-26(6)25(5)33-24(4)23(3)31-21-12-10-2/h23-28H,9-22H2,1-8H3,(H,29,30). The highest BCUT2D eigenvalue weighted by molar-refractivity contribution is 7.47. The van der Waals surface area contributed by atoms with Crippen LogP contribution in [0.5, 0.6) is 0 Å². The molecule has 0 rings (SSSR count). The molecular weight excluding hydrogens is 479 g/mol. The maximum atomic E-state index is 12.4. The van der Waals surface area contributed by atoms with Crippen molar-refractivity contribution in [1.29, 1.82) is 0 Å². The zero-order valence-electron chi connectivity index (χ0n) is 24.7. The van der Waals surface area contributed by atoms with Crippen molar-refractivity contribution in [3.63, 3.8) is 0 Å². The van der Waals surface area contributed by atoms with Crippen LogP contribution in [0, 0.1) is 0 Å². The number of phosphoric ester groups is 1. The van der Waals surface area contributed by atoms with E-state index in [4.69, 9.17) is 23.3 Å². The first-order valence-electron chi connectivity index (χ1n) is 14.6. The van der Waals surface area contributed by atoms with Crippen LogP contribution >= 0.6 is 7.82 Å². The Balaban J connectivity index is 4.12. The molecule has 0 saturated heterocycles. The van der Waals surface area contributed by atoms with Crippen LogP contribution in [0.4, 0.5) is 0 Å². The van der Waals surface area contributed by atoms with Crippen LogP contribution in [-0.2, 0) is 27.8 Å². The molecule has 0 aromatic heterocycles. The van der Waals surface area contributed by atoms with Crippen LogP contribution < -0.4 is 0 Å². The highest BCUT2D eigenvalue weighted by atomic mass is 31.2. The van der Waals surface area contributed by atoms with E-state index in [0.717, 1.165) is 38.7 Å². The van der Waals surface area contributed by atoms with Gasteiger partial charge in [-0.15, -0.1) is 0 Å². The van der Waals surface area contributed by atoms with Gasteiger partial charge in [-0.3, -0.25) is 9.05 Å². The van der Waals surface area contributed by atoms with Crippen molar-refractivity contribution in [2.75, 3.05) is 13.2 Å². The van der Waals surface area contributed by atoms with E-state index in [1.807, 2.05) is 34.6 Å². The molecule has 0 amide bonds. The molecule has 0 heterocycles. The summed E-state index contributed by atoms with van der Waals surface area (Å²) in [5.74, 6) is 0. The number of hydrogen-bond acceptors (Lipinski definition) is 6. The van der Waals surface area contributed by atoms with Gasteiger partial charge in [0.25, 0.3) is 0 Å². The Kier molecular flexibility index (Phi) is 21.9. The molecule has 0 bridgehead atoms. The Morgan fingerprint density at radius 1 is 0.556 bits per heavy atom. The van der Waals surface area contributed by atoms with Crippen molar-refractivity contribution in [1.82, 2.24) is 0 Å². The second-order valence-corrected chi connectivity index (χ2v) is 11.7. The van der Waals surface area contributed by atoms with Gasteiger partial charge in [0.1, 0.15) is 0 Å². The lowest BCUT2D eigenvalue weighted by atomic mass is 10.1. The van der Waals surface area contributed by atoms with E-state index in [1.165, 1.54) is 44.9 Å². The number of rotatable bonds is 25. The first kappa shape index (κ1) is 36.0. The van der Waals surface area contributed by atoms with E-state index in [2.05, 4.69) is 13.8 Å². The van der Waals surface area contributed by atoms with Gasteiger partial charge in [-0.2, -0.15) is 0 Å². The molecule has 218 valence electrons. The molecule has 7 nitrogen and oxygen atoms in total. The third kappa shape index (κ3) is 19.1. The second kappa shape index (κ2) is 21.9. The molecule has 0 aliphatic rings. The average Bonchev–Trinajstić information content (AvgIpc) is 2.82. The molecule has 0 aliphatic heterocycles. The van der Waals surface area contributed by atoms with Crippen LogP contribution in [0.15, 0.2) is 0 Å². The number of unbranched alkanes of at least 4 members (excludes halogenated alkanes) is 10. The minimum Gasteiger partial charge on any atom is -0.376 e. The Morgan fingerprint density at radius 3 is 1.47 bits per heavy atom. The zero-order valence-corrected chi connectivity index (χ0v) is 25.6. The SMILES string of the molecule is CCCCCCCCCCCCOP(=O)(O)OC(C)C(C)OC(C)C(C)OC(C)C(C)OCCCC. The third-order valence-electron chi connectivity index (χ3n) is 6.77. The van der Waals surface area contributed by atoms with Gasteiger partial charge in [-0.1, -0.05) is 78.1 Å². The van der Waals surface area contributed by atoms with Crippen molar-refractivity contribution in [3.8, 4) is 0 Å². The smallest absolute Gasteiger partial charge is 0.376 e. The highest BCUT2D eigenvalue weighted by Crippen LogP contribution is 2.45. The summed E-state index contributed by atoms with van der Waals surface area (Å²) in [5, 5.41) is 0. The molecule has 7 unspecified atom stereocenters. The first-order chi connectivity index (χ1) is 17.0. The normalized spacial score (nSPS) is 18.8. The molecule has 1 N–H and O–H groups in total. The fourth-order valence-corrected chi connectivity index (χ4v) is 4.78. The summed E-state index contributed by atoms with van der Waals surface area (Å²) in [6.07, 6.45) is 12.7. The van der Waals surface area contributed by atoms with Crippen LogP contribution in [0.25, 0.3) is 0 Å². The average molecular weight is 539 g/mol. The quantitative estimate of drug-likeness (QED) is 0.0926. The summed E-state index contributed by atoms with van der Waals surface area (Å²) in [6, 6.07) is 0. The van der Waals surface area contributed by atoms with E-state index < -0.39 is 20.0 Å². The summed E-state index contributed by atoms with van der Waals surface area (Å²) >= 11 is 0. The summed E-state index contributed by atoms with van der Waals surface area (Å²) in [7, 11) is -4.12. The minimum atomic E-state index is -4.12. The molecule has 0 aliphatic carbocycles. The monoisotopic (exact) mass is 538 g/mol. The molecule has 0 aromatic carbocycles. The fraction of sp³-hybridized carbons (Fsp3) is 1.00. The Bertz CT molecular complexity index is 548. The van der Waals surface area contributed by atoms with Crippen LogP contribution in [0.1, 0.15) is 132 Å². The van der Waals surface area contributed by atoms with E-state index in [-0.39, 0.29) is 31.0 Å². The van der Waals surface area contributed by atoms with Crippen LogP contribution in [0.3, 0.4) is 0 Å². The lowest BCUT2D eigenvalue weighted by Gasteiger charge is -2.31. The summed E-state index contributed by atoms with van der Waals surface area (Å²) in [6.45, 7) is 16.8. The summed E-state index contributed by atoms with van der Waals surface area (Å²) < 4.78 is 40.8. The molecule has 0 saturated carbocycles. The van der Waals surface area contributed by atoms with Gasteiger partial charge in [0, 0.05) is 6.61 Å². The molecule has 0 fully saturated rings. The largest absolute Gasteiger partial charge is 0.472 e. The van der Waals surface area contributed by atoms with Crippen molar-refractivity contribution < 1.29 is 32.7 Å². The van der Waals surface area contributed by atoms with Crippen molar-refractivity contribution in [3.05, 3.63) is 0 Å². The van der Waals surface area contributed by atoms with E-state index in [9.17, 15) is 9.46 Å². The lowest BCUT2D eigenvalue weighted by Crippen LogP contribution is -2.38. The van der Waals surface area contributed by atoms with Gasteiger partial charge in [0.15, 0.2) is 0 Å². The maximum absolute atomic E-state index is 12.4. The third-order valence-corrected chi connectivity index (χ3v) is 7.88. The molecule has 7 atom stereocenters. The van der Waals surface area contributed by atoms with Gasteiger partial charge < -0.3 is 19.1 Å². The van der Waals surface area contributed by atoms with Crippen molar-refractivity contribution >= 4 is 7.82 Å². The summed E-state index contributed by atoms with van der Waals surface area (Å²) in [4.78, 5) is 10.1. The molecular formula is C28H59O7P. The van der Waals surface area contributed by atoms with Gasteiger partial charge in [0.2, 0.25) is 0 Å². The van der Waals surface area contributed by atoms with Gasteiger partial charge in [-0.25, -0.2) is 4.57 Å². The number of ether oxygens (including phenoxy) is 3. The molecule has 0 aromatic rings. The molecule has 8 heteroatoms. The fourth-order valence-electron chi connectivity index (χ4n) is 3.76.